The molecule has 0 aliphatic rings. The van der Waals surface area contributed by atoms with E-state index in [1.807, 2.05) is 0 Å². The topological polar surface area (TPSA) is 9.23 Å². The van der Waals surface area contributed by atoms with Gasteiger partial charge in [0.2, 0.25) is 0 Å². The normalized spacial score (nSPS) is 12.0. The first kappa shape index (κ1) is 17.7. The molecule has 0 radical (unpaired) electrons. The molecule has 0 aromatic heterocycles. The van der Waals surface area contributed by atoms with Crippen LogP contribution in [-0.2, 0) is 4.74 Å². The van der Waals surface area contributed by atoms with Gasteiger partial charge in [0.25, 0.3) is 0 Å². The van der Waals surface area contributed by atoms with Gasteiger partial charge in [-0.05, 0) is 31.1 Å². The van der Waals surface area contributed by atoms with Crippen LogP contribution >= 0.6 is 21.6 Å². The fourth-order valence-corrected chi connectivity index (χ4v) is 3.77. The SMILES string of the molecule is COCCCCCCSSCCCC(C)(C)C. The average molecular weight is 279 g/mol. The molecule has 0 saturated carbocycles. The monoisotopic (exact) mass is 278 g/mol. The third-order valence-corrected chi connectivity index (χ3v) is 5.14. The lowest BCUT2D eigenvalue weighted by molar-refractivity contribution is 0.192. The molecule has 3 heteroatoms. The summed E-state index contributed by atoms with van der Waals surface area (Å²) in [5.41, 5.74) is 0.507. The van der Waals surface area contributed by atoms with E-state index in [9.17, 15) is 0 Å². The number of hydrogen-bond acceptors (Lipinski definition) is 3. The number of methoxy groups -OCH3 is 1. The van der Waals surface area contributed by atoms with Crippen molar-refractivity contribution in [2.75, 3.05) is 25.2 Å². The predicted molar refractivity (Wildman–Crippen MR) is 83.9 cm³/mol. The molecule has 0 unspecified atom stereocenters. The van der Waals surface area contributed by atoms with Crippen LogP contribution < -0.4 is 0 Å². The molecule has 0 bridgehead atoms. The van der Waals surface area contributed by atoms with Gasteiger partial charge in [-0.3, -0.25) is 0 Å². The van der Waals surface area contributed by atoms with Gasteiger partial charge in [-0.15, -0.1) is 0 Å². The van der Waals surface area contributed by atoms with Gasteiger partial charge in [-0.2, -0.15) is 0 Å². The van der Waals surface area contributed by atoms with Gasteiger partial charge < -0.3 is 4.74 Å². The molecule has 0 amide bonds. The Morgan fingerprint density at radius 1 is 0.824 bits per heavy atom. The first-order valence-electron chi connectivity index (χ1n) is 6.79. The quantitative estimate of drug-likeness (QED) is 0.370. The summed E-state index contributed by atoms with van der Waals surface area (Å²) in [7, 11) is 5.89. The van der Waals surface area contributed by atoms with Gasteiger partial charge in [0, 0.05) is 25.2 Å². The van der Waals surface area contributed by atoms with Crippen LogP contribution in [0.3, 0.4) is 0 Å². The van der Waals surface area contributed by atoms with Crippen molar-refractivity contribution in [1.29, 1.82) is 0 Å². The molecule has 17 heavy (non-hydrogen) atoms. The van der Waals surface area contributed by atoms with E-state index in [1.165, 1.54) is 50.0 Å². The maximum Gasteiger partial charge on any atom is 0.0462 e. The zero-order valence-electron chi connectivity index (χ0n) is 12.1. The van der Waals surface area contributed by atoms with Crippen molar-refractivity contribution < 1.29 is 4.74 Å². The van der Waals surface area contributed by atoms with Gasteiger partial charge in [0.1, 0.15) is 0 Å². The predicted octanol–water partition coefficient (Wildman–Crippen LogP) is 5.40. The number of ether oxygens (including phenoxy) is 1. The molecule has 0 aliphatic carbocycles. The third kappa shape index (κ3) is 16.7. The molecule has 104 valence electrons. The molecule has 1 nitrogen and oxygen atoms in total. The van der Waals surface area contributed by atoms with E-state index < -0.39 is 0 Å². The first-order valence-corrected chi connectivity index (χ1v) is 9.28. The van der Waals surface area contributed by atoms with Gasteiger partial charge in [-0.25, -0.2) is 0 Å². The van der Waals surface area contributed by atoms with Crippen LogP contribution in [0.5, 0.6) is 0 Å². The lowest BCUT2D eigenvalue weighted by Crippen LogP contribution is -2.04. The maximum atomic E-state index is 5.03. The summed E-state index contributed by atoms with van der Waals surface area (Å²) < 4.78 is 5.03. The summed E-state index contributed by atoms with van der Waals surface area (Å²) in [4.78, 5) is 0. The molecular weight excluding hydrogens is 248 g/mol. The van der Waals surface area contributed by atoms with Crippen LogP contribution in [0.2, 0.25) is 0 Å². The van der Waals surface area contributed by atoms with Crippen molar-refractivity contribution in [3.63, 3.8) is 0 Å². The molecule has 0 atom stereocenters. The Morgan fingerprint density at radius 2 is 1.41 bits per heavy atom. The maximum absolute atomic E-state index is 5.03. The van der Waals surface area contributed by atoms with Crippen molar-refractivity contribution >= 4 is 21.6 Å². The molecular formula is C14H30OS2. The van der Waals surface area contributed by atoms with Crippen molar-refractivity contribution in [3.05, 3.63) is 0 Å². The van der Waals surface area contributed by atoms with Crippen LogP contribution in [0.25, 0.3) is 0 Å². The Morgan fingerprint density at radius 3 is 2.00 bits per heavy atom. The van der Waals surface area contributed by atoms with Gasteiger partial charge in [0.15, 0.2) is 0 Å². The van der Waals surface area contributed by atoms with Crippen molar-refractivity contribution in [2.24, 2.45) is 5.41 Å². The lowest BCUT2D eigenvalue weighted by atomic mass is 9.91. The Kier molecular flexibility index (Phi) is 12.2. The Bertz CT molecular complexity index is 155. The fourth-order valence-electron chi connectivity index (χ4n) is 1.54. The van der Waals surface area contributed by atoms with Gasteiger partial charge in [-0.1, -0.05) is 55.2 Å². The van der Waals surface area contributed by atoms with E-state index in [0.717, 1.165) is 6.61 Å². The minimum Gasteiger partial charge on any atom is -0.385 e. The summed E-state index contributed by atoms with van der Waals surface area (Å²) in [5, 5.41) is 0. The second-order valence-corrected chi connectivity index (χ2v) is 8.42. The van der Waals surface area contributed by atoms with E-state index in [-0.39, 0.29) is 0 Å². The van der Waals surface area contributed by atoms with Crippen LogP contribution in [-0.4, -0.2) is 25.2 Å². The average Bonchev–Trinajstić information content (AvgIpc) is 2.24. The Balaban J connectivity index is 2.99. The standard InChI is InChI=1S/C14H30OS2/c1-14(2,3)10-9-13-17-16-12-8-6-5-7-11-15-4/h5-13H2,1-4H3. The van der Waals surface area contributed by atoms with E-state index in [1.54, 1.807) is 7.11 Å². The van der Waals surface area contributed by atoms with Gasteiger partial charge in [0.05, 0.1) is 0 Å². The van der Waals surface area contributed by atoms with Crippen LogP contribution in [0.4, 0.5) is 0 Å². The Labute approximate surface area is 116 Å². The summed E-state index contributed by atoms with van der Waals surface area (Å²) in [6.45, 7) is 7.90. The molecule has 0 saturated heterocycles. The third-order valence-electron chi connectivity index (χ3n) is 2.56. The second-order valence-electron chi connectivity index (χ2n) is 5.72. The highest BCUT2D eigenvalue weighted by molar-refractivity contribution is 8.76. The van der Waals surface area contributed by atoms with Crippen molar-refractivity contribution in [3.8, 4) is 0 Å². The molecule has 0 heterocycles. The van der Waals surface area contributed by atoms with Crippen molar-refractivity contribution in [2.45, 2.75) is 59.3 Å². The molecule has 0 aromatic rings. The first-order chi connectivity index (χ1) is 8.06. The Hall–Kier alpha value is 0.660. The largest absolute Gasteiger partial charge is 0.385 e. The second kappa shape index (κ2) is 11.7. The van der Waals surface area contributed by atoms with Crippen molar-refractivity contribution in [1.82, 2.24) is 0 Å². The summed E-state index contributed by atoms with van der Waals surface area (Å²) >= 11 is 0. The van der Waals surface area contributed by atoms with Gasteiger partial charge >= 0.3 is 0 Å². The fraction of sp³-hybridized carbons (Fsp3) is 1.00. The zero-order chi connectivity index (χ0) is 13.0. The van der Waals surface area contributed by atoms with E-state index in [0.29, 0.717) is 5.41 Å². The number of rotatable bonds is 11. The molecule has 0 aromatic carbocycles. The summed E-state index contributed by atoms with van der Waals surface area (Å²) in [6, 6.07) is 0. The molecule has 0 fully saturated rings. The van der Waals surface area contributed by atoms with Crippen LogP contribution in [0.15, 0.2) is 0 Å². The zero-order valence-corrected chi connectivity index (χ0v) is 13.7. The number of hydrogen-bond donors (Lipinski definition) is 0. The molecule has 0 N–H and O–H groups in total. The smallest absolute Gasteiger partial charge is 0.0462 e. The molecule has 0 aliphatic heterocycles. The van der Waals surface area contributed by atoms with E-state index in [4.69, 9.17) is 4.74 Å². The minimum absolute atomic E-state index is 0.507. The molecule has 0 rings (SSSR count). The highest BCUT2D eigenvalue weighted by Crippen LogP contribution is 2.27. The number of unbranched alkanes of at least 4 members (excludes halogenated alkanes) is 3. The summed E-state index contributed by atoms with van der Waals surface area (Å²) in [5.74, 6) is 2.62. The summed E-state index contributed by atoms with van der Waals surface area (Å²) in [6.07, 6.45) is 7.97. The van der Waals surface area contributed by atoms with E-state index in [2.05, 4.69) is 42.4 Å². The highest BCUT2D eigenvalue weighted by Gasteiger charge is 2.08. The molecule has 0 spiro atoms. The highest BCUT2D eigenvalue weighted by atomic mass is 33.1. The minimum atomic E-state index is 0.507. The van der Waals surface area contributed by atoms with E-state index >= 15 is 0 Å². The van der Waals surface area contributed by atoms with Crippen LogP contribution in [0.1, 0.15) is 59.3 Å². The lowest BCUT2D eigenvalue weighted by Gasteiger charge is -2.17. The van der Waals surface area contributed by atoms with Crippen LogP contribution in [0, 0.1) is 5.41 Å².